The molecule has 4 aliphatic rings. The quantitative estimate of drug-likeness (QED) is 0.186. The van der Waals surface area contributed by atoms with E-state index >= 15 is 0 Å². The van der Waals surface area contributed by atoms with Crippen molar-refractivity contribution in [1.82, 2.24) is 0 Å². The Labute approximate surface area is 287 Å². The van der Waals surface area contributed by atoms with Gasteiger partial charge in [-0.05, 0) is 134 Å². The molecule has 5 heteroatoms. The molecule has 262 valence electrons. The zero-order chi connectivity index (χ0) is 34.5. The van der Waals surface area contributed by atoms with Crippen molar-refractivity contribution in [2.45, 2.75) is 181 Å². The predicted octanol–water partition coefficient (Wildman–Crippen LogP) is 11.9. The van der Waals surface area contributed by atoms with Crippen molar-refractivity contribution in [3.8, 4) is 0 Å². The van der Waals surface area contributed by atoms with E-state index in [0.29, 0.717) is 23.2 Å². The second-order valence-corrected chi connectivity index (χ2v) is 28.8. The third-order valence-electron chi connectivity index (χ3n) is 14.2. The number of aliphatic hydroxyl groups is 1. The summed E-state index contributed by atoms with van der Waals surface area (Å²) in [5.41, 5.74) is 4.65. The van der Waals surface area contributed by atoms with Crippen molar-refractivity contribution in [2.75, 3.05) is 0 Å². The first-order valence-corrected chi connectivity index (χ1v) is 24.7. The molecule has 4 fully saturated rings. The van der Waals surface area contributed by atoms with Gasteiger partial charge in [0, 0.05) is 6.42 Å². The van der Waals surface area contributed by atoms with Crippen LogP contribution in [0.25, 0.3) is 0 Å². The average molecular weight is 669 g/mol. The maximum absolute atomic E-state index is 10.9. The Morgan fingerprint density at radius 1 is 0.935 bits per heavy atom. The summed E-state index contributed by atoms with van der Waals surface area (Å²) < 4.78 is 14.2. The van der Waals surface area contributed by atoms with Crippen LogP contribution >= 0.6 is 0 Å². The molecule has 3 nitrogen and oxygen atoms in total. The first-order valence-electron chi connectivity index (χ1n) is 18.9. The minimum atomic E-state index is -1.98. The zero-order valence-electron chi connectivity index (χ0n) is 32.3. The molecule has 0 unspecified atom stereocenters. The van der Waals surface area contributed by atoms with Crippen LogP contribution in [0.3, 0.4) is 0 Å². The largest absolute Gasteiger partial charge is 0.413 e. The van der Waals surface area contributed by atoms with E-state index < -0.39 is 16.6 Å². The van der Waals surface area contributed by atoms with Gasteiger partial charge in [-0.3, -0.25) is 0 Å². The van der Waals surface area contributed by atoms with Gasteiger partial charge >= 0.3 is 0 Å². The van der Waals surface area contributed by atoms with E-state index in [1.807, 2.05) is 0 Å². The number of fused-ring (bicyclic) bond motifs is 1. The van der Waals surface area contributed by atoms with Crippen molar-refractivity contribution in [1.29, 1.82) is 0 Å². The predicted molar refractivity (Wildman–Crippen MR) is 203 cm³/mol. The third-order valence-corrected chi connectivity index (χ3v) is 23.2. The SMILES string of the molecule is C=C1/C(=C\C=C2/CCC[C@]3(C)[C@@H]([C@H](C)/C=C/[C@H](O)C4(CC)CC4)CC[C@@H]23)C[C@@H](O[Si](C)(C)C(C)(C)C)C[C@@H]1O[Si](C)(C)C(C)(C)C. The summed E-state index contributed by atoms with van der Waals surface area (Å²) in [6.07, 6.45) is 21.0. The molecular formula is C41H72O3Si2. The molecule has 0 radical (unpaired) electrons. The van der Waals surface area contributed by atoms with Crippen LogP contribution in [-0.2, 0) is 8.85 Å². The Hall–Kier alpha value is -0.726. The lowest BCUT2D eigenvalue weighted by molar-refractivity contribution is 0.0969. The fourth-order valence-electron chi connectivity index (χ4n) is 8.55. The Kier molecular flexibility index (Phi) is 11.2. The maximum Gasteiger partial charge on any atom is 0.192 e. The van der Waals surface area contributed by atoms with E-state index in [9.17, 15) is 5.11 Å². The number of hydrogen-bond donors (Lipinski definition) is 1. The number of allylic oxidation sites excluding steroid dienone is 4. The normalized spacial score (nSPS) is 33.9. The van der Waals surface area contributed by atoms with Crippen LogP contribution in [0.1, 0.15) is 127 Å². The van der Waals surface area contributed by atoms with Crippen molar-refractivity contribution in [3.63, 3.8) is 0 Å². The second kappa shape index (κ2) is 13.5. The monoisotopic (exact) mass is 669 g/mol. The minimum absolute atomic E-state index is 0.0204. The van der Waals surface area contributed by atoms with Gasteiger partial charge in [-0.25, -0.2) is 0 Å². The number of rotatable bonds is 10. The summed E-state index contributed by atoms with van der Waals surface area (Å²) in [6.45, 7) is 35.4. The molecule has 0 aromatic rings. The molecule has 0 aliphatic heterocycles. The van der Waals surface area contributed by atoms with Gasteiger partial charge in [0.25, 0.3) is 0 Å². The van der Waals surface area contributed by atoms with Gasteiger partial charge in [-0.15, -0.1) is 0 Å². The van der Waals surface area contributed by atoms with Crippen LogP contribution in [0.2, 0.25) is 36.3 Å². The van der Waals surface area contributed by atoms with Crippen LogP contribution in [0.15, 0.2) is 47.6 Å². The molecule has 46 heavy (non-hydrogen) atoms. The fourth-order valence-corrected chi connectivity index (χ4v) is 11.2. The molecule has 7 atom stereocenters. The van der Waals surface area contributed by atoms with Gasteiger partial charge in [0.1, 0.15) is 0 Å². The maximum atomic E-state index is 10.9. The first kappa shape index (κ1) is 38.1. The van der Waals surface area contributed by atoms with Crippen LogP contribution in [0.5, 0.6) is 0 Å². The lowest BCUT2D eigenvalue weighted by Gasteiger charge is -2.45. The second-order valence-electron chi connectivity index (χ2n) is 19.3. The summed E-state index contributed by atoms with van der Waals surface area (Å²) in [7, 11) is -3.91. The van der Waals surface area contributed by atoms with Gasteiger partial charge in [-0.2, -0.15) is 0 Å². The highest BCUT2D eigenvalue weighted by molar-refractivity contribution is 6.74. The van der Waals surface area contributed by atoms with Crippen LogP contribution < -0.4 is 0 Å². The number of aliphatic hydroxyl groups excluding tert-OH is 1. The standard InChI is InChI=1S/C41H72O3Si2/c1-15-41(25-26-41)37(42)23-18-29(2)34-21-22-35-31(17-16-24-40(34,35)10)19-20-32-27-33(43-45(11,12)38(4,5)6)28-36(30(32)3)44-46(13,14)39(7,8)9/h18-20,23,29,33-37,42H,3,15-17,21-22,24-28H2,1-2,4-14H3/b23-18+,31-19+,32-20-/t29-,33-,34-,35+,36+,37+,40-/m1/s1. The first-order chi connectivity index (χ1) is 21.1. The van der Waals surface area contributed by atoms with E-state index in [4.69, 9.17) is 15.4 Å². The smallest absolute Gasteiger partial charge is 0.192 e. The zero-order valence-corrected chi connectivity index (χ0v) is 34.3. The Bertz CT molecular complexity index is 1190. The molecule has 4 rings (SSSR count). The van der Waals surface area contributed by atoms with Crippen molar-refractivity contribution < 1.29 is 14.0 Å². The van der Waals surface area contributed by atoms with E-state index in [2.05, 4.69) is 113 Å². The third kappa shape index (κ3) is 7.85. The average Bonchev–Trinajstić information content (AvgIpc) is 3.65. The molecular weight excluding hydrogens is 597 g/mol. The highest BCUT2D eigenvalue weighted by atomic mass is 28.4. The van der Waals surface area contributed by atoms with E-state index in [0.717, 1.165) is 19.3 Å². The molecule has 0 bridgehead atoms. The molecule has 4 aliphatic carbocycles. The van der Waals surface area contributed by atoms with Crippen LogP contribution in [0, 0.1) is 28.6 Å². The summed E-state index contributed by atoms with van der Waals surface area (Å²) in [5.74, 6) is 1.81. The molecule has 0 saturated heterocycles. The Morgan fingerprint density at radius 2 is 1.54 bits per heavy atom. The molecule has 0 heterocycles. The summed E-state index contributed by atoms with van der Waals surface area (Å²) in [6, 6.07) is 0. The molecule has 1 N–H and O–H groups in total. The summed E-state index contributed by atoms with van der Waals surface area (Å²) in [4.78, 5) is 0. The topological polar surface area (TPSA) is 38.7 Å². The van der Waals surface area contributed by atoms with E-state index in [-0.39, 0.29) is 33.8 Å². The van der Waals surface area contributed by atoms with Gasteiger partial charge in [0.15, 0.2) is 16.6 Å². The molecule has 0 aromatic heterocycles. The molecule has 0 amide bonds. The molecule has 0 spiro atoms. The lowest BCUT2D eigenvalue weighted by atomic mass is 9.61. The highest BCUT2D eigenvalue weighted by Gasteiger charge is 2.51. The summed E-state index contributed by atoms with van der Waals surface area (Å²) >= 11 is 0. The Morgan fingerprint density at radius 3 is 2.11 bits per heavy atom. The number of hydrogen-bond acceptors (Lipinski definition) is 3. The Balaban J connectivity index is 1.57. The van der Waals surface area contributed by atoms with Gasteiger partial charge < -0.3 is 14.0 Å². The van der Waals surface area contributed by atoms with Gasteiger partial charge in [0.2, 0.25) is 0 Å². The molecule has 0 aromatic carbocycles. The van der Waals surface area contributed by atoms with Crippen LogP contribution in [-0.4, -0.2) is 40.1 Å². The lowest BCUT2D eigenvalue weighted by Crippen LogP contribution is -2.49. The van der Waals surface area contributed by atoms with Gasteiger partial charge in [0.05, 0.1) is 18.3 Å². The summed E-state index contributed by atoms with van der Waals surface area (Å²) in [5, 5.41) is 11.2. The molecule has 4 saturated carbocycles. The van der Waals surface area contributed by atoms with Crippen LogP contribution in [0.4, 0.5) is 0 Å². The minimum Gasteiger partial charge on any atom is -0.413 e. The van der Waals surface area contributed by atoms with Crippen molar-refractivity contribution in [3.05, 3.63) is 47.6 Å². The van der Waals surface area contributed by atoms with Gasteiger partial charge in [-0.1, -0.05) is 98.8 Å². The van der Waals surface area contributed by atoms with E-state index in [1.54, 1.807) is 5.57 Å². The van der Waals surface area contributed by atoms with E-state index in [1.165, 1.54) is 56.1 Å². The fraction of sp³-hybridized carbons (Fsp3) is 0.805. The van der Waals surface area contributed by atoms with Crippen molar-refractivity contribution >= 4 is 16.6 Å². The van der Waals surface area contributed by atoms with Crippen molar-refractivity contribution in [2.24, 2.45) is 28.6 Å². The highest BCUT2D eigenvalue weighted by Crippen LogP contribution is 2.60.